The summed E-state index contributed by atoms with van der Waals surface area (Å²) < 4.78 is 2.32. The van der Waals surface area contributed by atoms with Crippen LogP contribution >= 0.6 is 24.0 Å². The van der Waals surface area contributed by atoms with Crippen LogP contribution in [0.2, 0.25) is 0 Å². The number of piperidine rings is 1. The minimum Gasteiger partial charge on any atom is -0.357 e. The molecule has 0 bridgehead atoms. The summed E-state index contributed by atoms with van der Waals surface area (Å²) in [5.41, 5.74) is 1.34. The molecule has 0 spiro atoms. The van der Waals surface area contributed by atoms with Gasteiger partial charge in [0, 0.05) is 31.7 Å². The van der Waals surface area contributed by atoms with E-state index in [2.05, 4.69) is 24.8 Å². The monoisotopic (exact) mass is 472 g/mol. The second-order valence-electron chi connectivity index (χ2n) is 8.69. The molecule has 2 aliphatic rings. The Bertz CT molecular complexity index is 1040. The molecule has 1 atom stereocenters. The van der Waals surface area contributed by atoms with E-state index in [0.717, 1.165) is 56.6 Å². The molecular weight excluding hydrogens is 440 g/mol. The van der Waals surface area contributed by atoms with Crippen LogP contribution < -0.4 is 10.5 Å². The normalized spacial score (nSPS) is 20.3. The Morgan fingerprint density at radius 1 is 1.25 bits per heavy atom. The predicted octanol–water partition coefficient (Wildman–Crippen LogP) is 4.68. The van der Waals surface area contributed by atoms with Gasteiger partial charge in [-0.1, -0.05) is 51.2 Å². The summed E-state index contributed by atoms with van der Waals surface area (Å²) in [4.78, 5) is 30.8. The van der Waals surface area contributed by atoms with Crippen molar-refractivity contribution in [1.82, 2.24) is 9.47 Å². The fourth-order valence-electron chi connectivity index (χ4n) is 4.44. The van der Waals surface area contributed by atoms with Crippen molar-refractivity contribution in [3.63, 3.8) is 0 Å². The number of thiocarbonyl (C=S) groups is 1. The lowest BCUT2D eigenvalue weighted by molar-refractivity contribution is -0.122. The van der Waals surface area contributed by atoms with E-state index in [9.17, 15) is 14.9 Å². The Hall–Kier alpha value is -2.11. The number of hydrogen-bond donors (Lipinski definition) is 0. The summed E-state index contributed by atoms with van der Waals surface area (Å²) in [6.07, 6.45) is 6.74. The highest BCUT2D eigenvalue weighted by atomic mass is 32.2. The van der Waals surface area contributed by atoms with E-state index >= 15 is 0 Å². The Kier molecular flexibility index (Phi) is 8.18. The number of rotatable bonds is 7. The molecule has 0 aromatic carbocycles. The van der Waals surface area contributed by atoms with Gasteiger partial charge < -0.3 is 4.90 Å². The van der Waals surface area contributed by atoms with Gasteiger partial charge in [-0.2, -0.15) is 5.26 Å². The Balaban J connectivity index is 2.20. The zero-order chi connectivity index (χ0) is 23.4. The van der Waals surface area contributed by atoms with Gasteiger partial charge in [0.25, 0.3) is 11.5 Å². The number of carbonyl (C=O) groups excluding carboxylic acids is 1. The first-order valence-corrected chi connectivity index (χ1v) is 12.7. The minimum absolute atomic E-state index is 0.0856. The zero-order valence-electron chi connectivity index (χ0n) is 19.4. The first-order chi connectivity index (χ1) is 15.3. The van der Waals surface area contributed by atoms with Gasteiger partial charge in [-0.25, -0.2) is 0 Å². The Morgan fingerprint density at radius 2 is 2.00 bits per heavy atom. The summed E-state index contributed by atoms with van der Waals surface area (Å²) in [6.45, 7) is 11.0. The van der Waals surface area contributed by atoms with Gasteiger partial charge in [0.05, 0.1) is 4.91 Å². The van der Waals surface area contributed by atoms with Crippen LogP contribution in [-0.2, 0) is 11.3 Å². The molecule has 2 fully saturated rings. The van der Waals surface area contributed by atoms with Crippen molar-refractivity contribution in [3.05, 3.63) is 31.9 Å². The van der Waals surface area contributed by atoms with Crippen LogP contribution in [0.15, 0.2) is 9.70 Å². The van der Waals surface area contributed by atoms with E-state index in [4.69, 9.17) is 12.2 Å². The average Bonchev–Trinajstić information content (AvgIpc) is 3.03. The SMILES string of the molecule is CCCCN1C(=O)/C(=C/c2c(C)c(C#N)c(=O)n(CCC)c2N2CCCC(C)C2)SC1=S. The van der Waals surface area contributed by atoms with E-state index in [1.807, 2.05) is 19.9 Å². The van der Waals surface area contributed by atoms with Crippen LogP contribution in [-0.4, -0.2) is 39.3 Å². The molecule has 1 aromatic heterocycles. The van der Waals surface area contributed by atoms with Crippen LogP contribution in [0.25, 0.3) is 6.08 Å². The van der Waals surface area contributed by atoms with Gasteiger partial charge in [0.2, 0.25) is 0 Å². The quantitative estimate of drug-likeness (QED) is 0.424. The smallest absolute Gasteiger partial charge is 0.270 e. The molecule has 3 rings (SSSR count). The van der Waals surface area contributed by atoms with Crippen LogP contribution in [0.4, 0.5) is 5.82 Å². The van der Waals surface area contributed by atoms with Gasteiger partial charge in [0.1, 0.15) is 21.8 Å². The summed E-state index contributed by atoms with van der Waals surface area (Å²) in [5.74, 6) is 1.27. The molecule has 172 valence electrons. The third kappa shape index (κ3) is 4.79. The van der Waals surface area contributed by atoms with Crippen LogP contribution in [0.3, 0.4) is 0 Å². The fraction of sp³-hybridized carbons (Fsp3) is 0.583. The average molecular weight is 473 g/mol. The molecule has 0 N–H and O–H groups in total. The van der Waals surface area contributed by atoms with E-state index in [0.29, 0.717) is 33.8 Å². The molecule has 0 aliphatic carbocycles. The van der Waals surface area contributed by atoms with Crippen molar-refractivity contribution in [1.29, 1.82) is 5.26 Å². The lowest BCUT2D eigenvalue weighted by atomic mass is 9.98. The number of hydrogen-bond acceptors (Lipinski definition) is 6. The largest absolute Gasteiger partial charge is 0.357 e. The zero-order valence-corrected chi connectivity index (χ0v) is 21.1. The lowest BCUT2D eigenvalue weighted by Gasteiger charge is -2.36. The second kappa shape index (κ2) is 10.7. The van der Waals surface area contributed by atoms with Crippen molar-refractivity contribution < 1.29 is 4.79 Å². The predicted molar refractivity (Wildman–Crippen MR) is 136 cm³/mol. The van der Waals surface area contributed by atoms with Crippen LogP contribution in [0, 0.1) is 24.2 Å². The van der Waals surface area contributed by atoms with Crippen molar-refractivity contribution in [2.24, 2.45) is 5.92 Å². The van der Waals surface area contributed by atoms with Crippen molar-refractivity contribution >= 4 is 46.1 Å². The Labute approximate surface area is 200 Å². The molecule has 1 aromatic rings. The molecule has 0 saturated carbocycles. The molecule has 3 heterocycles. The summed E-state index contributed by atoms with van der Waals surface area (Å²) >= 11 is 6.79. The highest BCUT2D eigenvalue weighted by molar-refractivity contribution is 8.26. The van der Waals surface area contributed by atoms with Gasteiger partial charge in [0.15, 0.2) is 0 Å². The molecular formula is C24H32N4O2S2. The molecule has 1 amide bonds. The van der Waals surface area contributed by atoms with Gasteiger partial charge >= 0.3 is 0 Å². The van der Waals surface area contributed by atoms with Gasteiger partial charge in [-0.05, 0) is 50.2 Å². The maximum absolute atomic E-state index is 13.2. The molecule has 8 heteroatoms. The third-order valence-corrected chi connectivity index (χ3v) is 7.51. The van der Waals surface area contributed by atoms with Crippen LogP contribution in [0.5, 0.6) is 0 Å². The number of unbranched alkanes of at least 4 members (excludes halogenated alkanes) is 1. The minimum atomic E-state index is -0.243. The second-order valence-corrected chi connectivity index (χ2v) is 10.4. The van der Waals surface area contributed by atoms with Gasteiger partial charge in [-0.15, -0.1) is 0 Å². The molecule has 2 aliphatic heterocycles. The lowest BCUT2D eigenvalue weighted by Crippen LogP contribution is -2.40. The highest BCUT2D eigenvalue weighted by Crippen LogP contribution is 2.37. The first kappa shape index (κ1) is 24.5. The first-order valence-electron chi connectivity index (χ1n) is 11.5. The van der Waals surface area contributed by atoms with Gasteiger partial charge in [-0.3, -0.25) is 19.1 Å². The number of nitriles is 1. The molecule has 6 nitrogen and oxygen atoms in total. The fourth-order valence-corrected chi connectivity index (χ4v) is 5.73. The summed E-state index contributed by atoms with van der Waals surface area (Å²) in [7, 11) is 0. The van der Waals surface area contributed by atoms with E-state index < -0.39 is 0 Å². The topological polar surface area (TPSA) is 69.3 Å². The van der Waals surface area contributed by atoms with E-state index in [-0.39, 0.29) is 17.0 Å². The number of nitrogens with zero attached hydrogens (tertiary/aromatic N) is 4. The maximum atomic E-state index is 13.2. The molecule has 2 saturated heterocycles. The number of thioether (sulfide) groups is 1. The number of pyridine rings is 1. The Morgan fingerprint density at radius 3 is 2.62 bits per heavy atom. The number of carbonyl (C=O) groups is 1. The molecule has 1 unspecified atom stereocenters. The molecule has 32 heavy (non-hydrogen) atoms. The number of aromatic nitrogens is 1. The summed E-state index contributed by atoms with van der Waals surface area (Å²) in [6, 6.07) is 2.11. The number of anilines is 1. The highest BCUT2D eigenvalue weighted by Gasteiger charge is 2.33. The maximum Gasteiger partial charge on any atom is 0.270 e. The van der Waals surface area contributed by atoms with Crippen molar-refractivity contribution in [2.45, 2.75) is 66.3 Å². The van der Waals surface area contributed by atoms with E-state index in [1.54, 1.807) is 9.47 Å². The third-order valence-electron chi connectivity index (χ3n) is 6.13. The summed E-state index contributed by atoms with van der Waals surface area (Å²) in [5, 5.41) is 9.75. The molecule has 0 radical (unpaired) electrons. The standard InChI is InChI=1S/C24H32N4O2S2/c1-5-7-12-28-23(30)20(32-24(28)31)13-18-17(4)19(14-25)22(29)27(10-6-2)21(18)26-11-8-9-16(3)15-26/h13,16H,5-12,15H2,1-4H3/b20-13-. The van der Waals surface area contributed by atoms with E-state index in [1.165, 1.54) is 11.8 Å². The number of amides is 1. The van der Waals surface area contributed by atoms with Crippen molar-refractivity contribution in [2.75, 3.05) is 24.5 Å². The van der Waals surface area contributed by atoms with Crippen LogP contribution in [0.1, 0.15) is 69.6 Å². The van der Waals surface area contributed by atoms with Crippen molar-refractivity contribution in [3.8, 4) is 6.07 Å².